The molecule has 2 aliphatic rings. The number of nitrogens with one attached hydrogen (secondary N) is 2. The highest BCUT2D eigenvalue weighted by atomic mass is 32.1. The van der Waals surface area contributed by atoms with Crippen LogP contribution in [0.15, 0.2) is 10.4 Å². The second-order valence-electron chi connectivity index (χ2n) is 8.95. The van der Waals surface area contributed by atoms with Crippen molar-refractivity contribution in [3.05, 3.63) is 11.1 Å². The van der Waals surface area contributed by atoms with E-state index in [1.165, 1.54) is 22.7 Å². The summed E-state index contributed by atoms with van der Waals surface area (Å²) in [6.07, 6.45) is 3.33. The predicted molar refractivity (Wildman–Crippen MR) is 153 cm³/mol. The van der Waals surface area contributed by atoms with E-state index in [0.717, 1.165) is 18.1 Å². The number of amides is 3. The Morgan fingerprint density at radius 3 is 2.38 bits per heavy atom. The van der Waals surface area contributed by atoms with Gasteiger partial charge in [-0.1, -0.05) is 27.2 Å². The number of carbonyl (C=O) groups is 4. The van der Waals surface area contributed by atoms with Crippen LogP contribution in [0.4, 0.5) is 9.52 Å². The number of nitrogens with zero attached hydrogens (tertiary/aromatic N) is 4. The van der Waals surface area contributed by atoms with Crippen LogP contribution in [-0.4, -0.2) is 105 Å². The Bertz CT molecular complexity index is 967. The molecule has 2 aliphatic heterocycles. The molecule has 1 aromatic heterocycles. The van der Waals surface area contributed by atoms with Gasteiger partial charge in [0.1, 0.15) is 18.4 Å². The third kappa shape index (κ3) is 12.7. The average molecular weight is 587 g/mol. The highest BCUT2D eigenvalue weighted by Crippen LogP contribution is 2.21. The van der Waals surface area contributed by atoms with Crippen LogP contribution < -0.4 is 27.0 Å². The quantitative estimate of drug-likeness (QED) is 0.223. The van der Waals surface area contributed by atoms with E-state index in [0.29, 0.717) is 45.7 Å². The first-order valence-electron chi connectivity index (χ1n) is 13.4. The molecule has 226 valence electrons. The average Bonchev–Trinajstić information content (AvgIpc) is 3.65. The molecule has 3 heterocycles. The topological polar surface area (TPSA) is 185 Å². The lowest BCUT2D eigenvalue weighted by Crippen LogP contribution is -2.49. The van der Waals surface area contributed by atoms with E-state index in [9.17, 15) is 23.6 Å². The maximum atomic E-state index is 12.5. The summed E-state index contributed by atoms with van der Waals surface area (Å²) in [6, 6.07) is -0.728. The van der Waals surface area contributed by atoms with Gasteiger partial charge in [0.05, 0.1) is 26.3 Å². The molecule has 40 heavy (non-hydrogen) atoms. The first-order valence-corrected chi connectivity index (χ1v) is 14.3. The summed E-state index contributed by atoms with van der Waals surface area (Å²) in [6.45, 7) is 8.21. The van der Waals surface area contributed by atoms with E-state index in [1.807, 2.05) is 11.8 Å². The molecule has 1 atom stereocenters. The van der Waals surface area contributed by atoms with Crippen molar-refractivity contribution in [1.29, 1.82) is 0 Å². The summed E-state index contributed by atoms with van der Waals surface area (Å²) in [4.78, 5) is 59.5. The van der Waals surface area contributed by atoms with Crippen LogP contribution in [0.25, 0.3) is 0 Å². The summed E-state index contributed by atoms with van der Waals surface area (Å²) in [5, 5.41) is 7.27. The van der Waals surface area contributed by atoms with Gasteiger partial charge in [0, 0.05) is 31.6 Å². The molecule has 0 bridgehead atoms. The fourth-order valence-electron chi connectivity index (χ4n) is 3.55. The molecule has 0 saturated carbocycles. The van der Waals surface area contributed by atoms with Crippen molar-refractivity contribution >= 4 is 45.9 Å². The number of halogens is 1. The Hall–Kier alpha value is -3.33. The first-order chi connectivity index (χ1) is 19.2. The number of ketones is 1. The maximum Gasteiger partial charge on any atom is 0.271 e. The van der Waals surface area contributed by atoms with Crippen LogP contribution in [0.2, 0.25) is 0 Å². The zero-order valence-corrected chi connectivity index (χ0v) is 24.4. The normalized spacial score (nSPS) is 16.1. The highest BCUT2D eigenvalue weighted by Gasteiger charge is 2.34. The van der Waals surface area contributed by atoms with Gasteiger partial charge >= 0.3 is 0 Å². The Balaban J connectivity index is 0.000000687. The number of anilines is 1. The van der Waals surface area contributed by atoms with Gasteiger partial charge in [0.15, 0.2) is 16.9 Å². The van der Waals surface area contributed by atoms with Gasteiger partial charge < -0.3 is 36.6 Å². The van der Waals surface area contributed by atoms with E-state index in [-0.39, 0.29) is 18.2 Å². The van der Waals surface area contributed by atoms with Crippen molar-refractivity contribution in [3.8, 4) is 0 Å². The maximum absolute atomic E-state index is 12.5. The van der Waals surface area contributed by atoms with Crippen LogP contribution >= 0.6 is 11.3 Å². The van der Waals surface area contributed by atoms with E-state index >= 15 is 0 Å². The van der Waals surface area contributed by atoms with Gasteiger partial charge in [-0.05, 0) is 19.3 Å². The minimum absolute atomic E-state index is 0.182. The van der Waals surface area contributed by atoms with Crippen LogP contribution in [0.1, 0.15) is 56.9 Å². The number of hydrogen-bond donors (Lipinski definition) is 4. The summed E-state index contributed by atoms with van der Waals surface area (Å²) in [5.74, 6) is -1.91. The van der Waals surface area contributed by atoms with Gasteiger partial charge in [-0.3, -0.25) is 24.2 Å². The molecule has 3 amide bonds. The van der Waals surface area contributed by atoms with Gasteiger partial charge in [0.25, 0.3) is 5.91 Å². The van der Waals surface area contributed by atoms with E-state index in [4.69, 9.17) is 16.2 Å². The van der Waals surface area contributed by atoms with Crippen LogP contribution in [0, 0.1) is 0 Å². The third-order valence-corrected chi connectivity index (χ3v) is 6.31. The lowest BCUT2D eigenvalue weighted by Gasteiger charge is -2.26. The van der Waals surface area contributed by atoms with Gasteiger partial charge in [-0.15, -0.1) is 11.3 Å². The van der Waals surface area contributed by atoms with Crippen LogP contribution in [0.5, 0.6) is 0 Å². The molecule has 3 rings (SSSR count). The number of Topliss-reactive ketones (excluding diaryl/α,β-unsaturated/α-hetero) is 1. The Morgan fingerprint density at radius 2 is 1.80 bits per heavy atom. The molecule has 6 N–H and O–H groups in total. The standard InChI is InChI=1S/C18H24FN5O5S.C4H11N3.C3H8/c19-8-12(25)9-20-17(28)14-2-1-3-24(14)15(26)10-21-16(27)13-11-30-18(22-13)23-4-6-29-7-5-23;1-2-3-7-4(5)6;1-3-2/h11,14H,1-10H2,(H,20,28)(H,21,27);2-3H2,1H3,(H4,5,6,7);3H2,1-2H3. The number of guanidine groups is 1. The Morgan fingerprint density at radius 1 is 1.12 bits per heavy atom. The van der Waals surface area contributed by atoms with E-state index in [1.54, 1.807) is 5.38 Å². The molecule has 0 aromatic carbocycles. The van der Waals surface area contributed by atoms with Crippen molar-refractivity contribution in [2.24, 2.45) is 16.5 Å². The first kappa shape index (κ1) is 34.7. The molecule has 1 unspecified atom stereocenters. The van der Waals surface area contributed by atoms with Gasteiger partial charge in [0.2, 0.25) is 11.8 Å². The number of aliphatic imine (C=N–C) groups is 1. The second-order valence-corrected chi connectivity index (χ2v) is 9.78. The Labute approximate surface area is 238 Å². The molecular formula is C25H43FN8O5S. The Kier molecular flexibility index (Phi) is 17.1. The van der Waals surface area contributed by atoms with Gasteiger partial charge in [-0.2, -0.15) is 0 Å². The molecule has 2 saturated heterocycles. The molecule has 15 heteroatoms. The molecular weight excluding hydrogens is 543 g/mol. The number of likely N-dealkylation sites (tertiary alicyclic amines) is 1. The number of morpholine rings is 1. The minimum Gasteiger partial charge on any atom is -0.378 e. The number of aromatic nitrogens is 1. The predicted octanol–water partition coefficient (Wildman–Crippen LogP) is 0.441. The van der Waals surface area contributed by atoms with Crippen molar-refractivity contribution in [3.63, 3.8) is 0 Å². The summed E-state index contributed by atoms with van der Waals surface area (Å²) in [5.41, 5.74) is 10.2. The van der Waals surface area contributed by atoms with Crippen LogP contribution in [0.3, 0.4) is 0 Å². The number of rotatable bonds is 10. The van der Waals surface area contributed by atoms with Crippen molar-refractivity contribution in [1.82, 2.24) is 20.5 Å². The lowest BCUT2D eigenvalue weighted by molar-refractivity contribution is -0.138. The number of ether oxygens (including phenoxy) is 1. The fourth-order valence-corrected chi connectivity index (χ4v) is 4.41. The van der Waals surface area contributed by atoms with E-state index in [2.05, 4.69) is 34.5 Å². The van der Waals surface area contributed by atoms with Crippen molar-refractivity contribution < 1.29 is 28.3 Å². The number of carbonyl (C=O) groups excluding carboxylic acids is 4. The monoisotopic (exact) mass is 586 g/mol. The summed E-state index contributed by atoms with van der Waals surface area (Å²) >= 11 is 1.35. The molecule has 0 aliphatic carbocycles. The van der Waals surface area contributed by atoms with Crippen molar-refractivity contribution in [2.75, 3.05) is 64.1 Å². The molecule has 1 aromatic rings. The number of thiazole rings is 1. The molecule has 2 fully saturated rings. The second kappa shape index (κ2) is 19.7. The SMILES string of the molecule is CCC.CCCN=C(N)N.O=C(CF)CNC(=O)C1CCCN1C(=O)CNC(=O)c1csc(N2CCOCC2)n1. The summed E-state index contributed by atoms with van der Waals surface area (Å²) < 4.78 is 17.5. The third-order valence-electron chi connectivity index (χ3n) is 5.41. The molecule has 13 nitrogen and oxygen atoms in total. The lowest BCUT2D eigenvalue weighted by atomic mass is 10.2. The van der Waals surface area contributed by atoms with Gasteiger partial charge in [-0.25, -0.2) is 9.37 Å². The summed E-state index contributed by atoms with van der Waals surface area (Å²) in [7, 11) is 0. The number of alkyl halides is 1. The molecule has 0 spiro atoms. The van der Waals surface area contributed by atoms with Crippen molar-refractivity contribution in [2.45, 2.75) is 52.5 Å². The molecule has 0 radical (unpaired) electrons. The largest absolute Gasteiger partial charge is 0.378 e. The number of hydrogen-bond acceptors (Lipinski definition) is 9. The number of nitrogens with two attached hydrogens (primary N) is 2. The van der Waals surface area contributed by atoms with E-state index < -0.39 is 42.8 Å². The zero-order chi connectivity index (χ0) is 29.9. The zero-order valence-electron chi connectivity index (χ0n) is 23.6. The van der Waals surface area contributed by atoms with Crippen LogP contribution in [-0.2, 0) is 19.1 Å². The highest BCUT2D eigenvalue weighted by molar-refractivity contribution is 7.13. The minimum atomic E-state index is -1.15. The fraction of sp³-hybridized carbons (Fsp3) is 0.680. The smallest absolute Gasteiger partial charge is 0.271 e.